The summed E-state index contributed by atoms with van der Waals surface area (Å²) in [6, 6.07) is 7.97. The molecule has 0 unspecified atom stereocenters. The molecule has 0 radical (unpaired) electrons. The van der Waals surface area contributed by atoms with Crippen LogP contribution < -0.4 is 4.74 Å². The Hall–Kier alpha value is -2.29. The number of benzene rings is 1. The van der Waals surface area contributed by atoms with Gasteiger partial charge in [0.1, 0.15) is 0 Å². The molecule has 1 aliphatic rings. The molecule has 0 atom stereocenters. The SMILES string of the molecule is O=C(Cc1cccs1)Oc1ccc(C2OCCCO2)cc1[N+](=O)[O-]. The molecule has 1 saturated heterocycles. The summed E-state index contributed by atoms with van der Waals surface area (Å²) < 4.78 is 16.0. The van der Waals surface area contributed by atoms with Gasteiger partial charge in [0.15, 0.2) is 6.29 Å². The van der Waals surface area contributed by atoms with Gasteiger partial charge in [0.2, 0.25) is 5.75 Å². The van der Waals surface area contributed by atoms with Crippen molar-refractivity contribution in [2.45, 2.75) is 19.1 Å². The molecule has 0 N–H and O–H groups in total. The van der Waals surface area contributed by atoms with Gasteiger partial charge in [0, 0.05) is 16.5 Å². The maximum Gasteiger partial charge on any atom is 0.316 e. The van der Waals surface area contributed by atoms with Gasteiger partial charge in [-0.05, 0) is 30.0 Å². The van der Waals surface area contributed by atoms with Crippen molar-refractivity contribution in [1.29, 1.82) is 0 Å². The lowest BCUT2D eigenvalue weighted by molar-refractivity contribution is -0.385. The molecule has 0 bridgehead atoms. The second-order valence-electron chi connectivity index (χ2n) is 5.14. The second-order valence-corrected chi connectivity index (χ2v) is 6.17. The minimum Gasteiger partial charge on any atom is -0.419 e. The van der Waals surface area contributed by atoms with E-state index in [9.17, 15) is 14.9 Å². The van der Waals surface area contributed by atoms with Crippen molar-refractivity contribution < 1.29 is 23.9 Å². The molecular formula is C16H15NO6S. The molecule has 1 aromatic carbocycles. The van der Waals surface area contributed by atoms with Crippen LogP contribution in [0, 0.1) is 10.1 Å². The number of nitro groups is 1. The molecule has 0 aliphatic carbocycles. The zero-order valence-corrected chi connectivity index (χ0v) is 13.5. The van der Waals surface area contributed by atoms with Crippen molar-refractivity contribution in [1.82, 2.24) is 0 Å². The Balaban J connectivity index is 1.76. The first-order valence-electron chi connectivity index (χ1n) is 7.38. The molecule has 3 rings (SSSR count). The van der Waals surface area contributed by atoms with Gasteiger partial charge in [-0.25, -0.2) is 0 Å². The van der Waals surface area contributed by atoms with E-state index >= 15 is 0 Å². The van der Waals surface area contributed by atoms with E-state index in [0.29, 0.717) is 18.8 Å². The number of ether oxygens (including phenoxy) is 3. The second kappa shape index (κ2) is 7.52. The molecule has 0 spiro atoms. The molecule has 0 saturated carbocycles. The lowest BCUT2D eigenvalue weighted by Crippen LogP contribution is -2.18. The zero-order valence-electron chi connectivity index (χ0n) is 12.7. The summed E-state index contributed by atoms with van der Waals surface area (Å²) >= 11 is 1.43. The van der Waals surface area contributed by atoms with Gasteiger partial charge in [0.25, 0.3) is 0 Å². The average molecular weight is 349 g/mol. The number of carbonyl (C=O) groups is 1. The van der Waals surface area contributed by atoms with Crippen molar-refractivity contribution in [3.05, 3.63) is 56.3 Å². The molecule has 8 heteroatoms. The summed E-state index contributed by atoms with van der Waals surface area (Å²) in [6.07, 6.45) is 0.232. The van der Waals surface area contributed by atoms with Gasteiger partial charge < -0.3 is 14.2 Å². The first-order valence-corrected chi connectivity index (χ1v) is 8.26. The predicted octanol–water partition coefficient (Wildman–Crippen LogP) is 3.24. The van der Waals surface area contributed by atoms with E-state index in [1.807, 2.05) is 11.4 Å². The first kappa shape index (κ1) is 16.6. The van der Waals surface area contributed by atoms with Crippen LogP contribution in [-0.2, 0) is 20.7 Å². The highest BCUT2D eigenvalue weighted by Crippen LogP contribution is 2.33. The van der Waals surface area contributed by atoms with Crippen molar-refractivity contribution >= 4 is 23.0 Å². The standard InChI is InChI=1S/C16H15NO6S/c18-15(10-12-3-1-8-24-12)23-14-5-4-11(9-13(14)17(19)20)16-21-6-2-7-22-16/h1,3-5,8-9,16H,2,6-7,10H2. The molecule has 1 aromatic heterocycles. The molecule has 7 nitrogen and oxygen atoms in total. The van der Waals surface area contributed by atoms with Crippen LogP contribution in [0.25, 0.3) is 0 Å². The Bertz CT molecular complexity index is 724. The van der Waals surface area contributed by atoms with E-state index in [2.05, 4.69) is 0 Å². The fraction of sp³-hybridized carbons (Fsp3) is 0.312. The number of thiophene rings is 1. The average Bonchev–Trinajstić information content (AvgIpc) is 3.08. The lowest BCUT2D eigenvalue weighted by atomic mass is 10.1. The van der Waals surface area contributed by atoms with Gasteiger partial charge in [0.05, 0.1) is 24.6 Å². The number of hydrogen-bond donors (Lipinski definition) is 0. The van der Waals surface area contributed by atoms with Crippen LogP contribution in [0.4, 0.5) is 5.69 Å². The van der Waals surface area contributed by atoms with E-state index in [0.717, 1.165) is 11.3 Å². The molecule has 2 aromatic rings. The molecule has 24 heavy (non-hydrogen) atoms. The Kier molecular flexibility index (Phi) is 5.19. The third kappa shape index (κ3) is 3.97. The van der Waals surface area contributed by atoms with E-state index in [-0.39, 0.29) is 17.9 Å². The normalized spacial score (nSPS) is 15.2. The van der Waals surface area contributed by atoms with E-state index in [1.54, 1.807) is 12.1 Å². The van der Waals surface area contributed by atoms with Crippen LogP contribution in [0.3, 0.4) is 0 Å². The number of hydrogen-bond acceptors (Lipinski definition) is 7. The highest BCUT2D eigenvalue weighted by Gasteiger charge is 2.24. The number of nitro benzene ring substituents is 1. The fourth-order valence-corrected chi connectivity index (χ4v) is 2.99. The van der Waals surface area contributed by atoms with Crippen LogP contribution in [0.5, 0.6) is 5.75 Å². The van der Waals surface area contributed by atoms with Crippen LogP contribution in [-0.4, -0.2) is 24.1 Å². The van der Waals surface area contributed by atoms with Crippen LogP contribution in [0.2, 0.25) is 0 Å². The van der Waals surface area contributed by atoms with Crippen molar-refractivity contribution in [2.24, 2.45) is 0 Å². The zero-order chi connectivity index (χ0) is 16.9. The molecule has 2 heterocycles. The summed E-state index contributed by atoms with van der Waals surface area (Å²) in [6.45, 7) is 1.08. The number of carbonyl (C=O) groups excluding carboxylic acids is 1. The van der Waals surface area contributed by atoms with Crippen LogP contribution >= 0.6 is 11.3 Å². The summed E-state index contributed by atoms with van der Waals surface area (Å²) in [4.78, 5) is 23.5. The van der Waals surface area contributed by atoms with Crippen LogP contribution in [0.1, 0.15) is 23.2 Å². The van der Waals surface area contributed by atoms with Gasteiger partial charge in [-0.3, -0.25) is 14.9 Å². The molecular weight excluding hydrogens is 334 g/mol. The highest BCUT2D eigenvalue weighted by atomic mass is 32.1. The van der Waals surface area contributed by atoms with Crippen molar-refractivity contribution in [3.63, 3.8) is 0 Å². The first-order chi connectivity index (χ1) is 11.6. The van der Waals surface area contributed by atoms with Crippen molar-refractivity contribution in [2.75, 3.05) is 13.2 Å². The highest BCUT2D eigenvalue weighted by molar-refractivity contribution is 7.10. The minimum absolute atomic E-state index is 0.0748. The third-order valence-electron chi connectivity index (χ3n) is 3.40. The third-order valence-corrected chi connectivity index (χ3v) is 4.28. The monoisotopic (exact) mass is 349 g/mol. The Morgan fingerprint density at radius 3 is 2.79 bits per heavy atom. The predicted molar refractivity (Wildman–Crippen MR) is 86.0 cm³/mol. The summed E-state index contributed by atoms with van der Waals surface area (Å²) in [7, 11) is 0. The lowest BCUT2D eigenvalue weighted by Gasteiger charge is -2.23. The van der Waals surface area contributed by atoms with Crippen molar-refractivity contribution in [3.8, 4) is 5.75 Å². The topological polar surface area (TPSA) is 87.9 Å². The van der Waals surface area contributed by atoms with E-state index in [4.69, 9.17) is 14.2 Å². The smallest absolute Gasteiger partial charge is 0.316 e. The van der Waals surface area contributed by atoms with Gasteiger partial charge in [-0.15, -0.1) is 11.3 Å². The summed E-state index contributed by atoms with van der Waals surface area (Å²) in [5, 5.41) is 13.1. The maximum absolute atomic E-state index is 12.0. The molecule has 1 aliphatic heterocycles. The largest absolute Gasteiger partial charge is 0.419 e. The number of esters is 1. The number of rotatable bonds is 5. The fourth-order valence-electron chi connectivity index (χ4n) is 2.30. The quantitative estimate of drug-likeness (QED) is 0.356. The Morgan fingerprint density at radius 1 is 1.33 bits per heavy atom. The maximum atomic E-state index is 12.0. The summed E-state index contributed by atoms with van der Waals surface area (Å²) in [5.74, 6) is -0.625. The Labute approximate surface area is 141 Å². The number of nitrogens with zero attached hydrogens (tertiary/aromatic N) is 1. The molecule has 126 valence electrons. The van der Waals surface area contributed by atoms with Gasteiger partial charge in [-0.1, -0.05) is 6.07 Å². The molecule has 1 fully saturated rings. The minimum atomic E-state index is -0.631. The summed E-state index contributed by atoms with van der Waals surface area (Å²) in [5.41, 5.74) is 0.240. The van der Waals surface area contributed by atoms with E-state index < -0.39 is 17.2 Å². The Morgan fingerprint density at radius 2 is 2.12 bits per heavy atom. The van der Waals surface area contributed by atoms with Gasteiger partial charge in [-0.2, -0.15) is 0 Å². The van der Waals surface area contributed by atoms with Crippen LogP contribution in [0.15, 0.2) is 35.7 Å². The van der Waals surface area contributed by atoms with Gasteiger partial charge >= 0.3 is 11.7 Å². The van der Waals surface area contributed by atoms with E-state index in [1.165, 1.54) is 23.5 Å². The molecule has 0 amide bonds.